The number of anilines is 1. The molecule has 0 aliphatic heterocycles. The fourth-order valence-electron chi connectivity index (χ4n) is 1.63. The highest BCUT2D eigenvalue weighted by atomic mass is 19.1. The van der Waals surface area contributed by atoms with Gasteiger partial charge in [-0.1, -0.05) is 12.1 Å². The van der Waals surface area contributed by atoms with Crippen LogP contribution >= 0.6 is 0 Å². The maximum Gasteiger partial charge on any atom is 0.323 e. The lowest BCUT2D eigenvalue weighted by molar-refractivity contribution is -0.142. The van der Waals surface area contributed by atoms with E-state index in [4.69, 9.17) is 10.8 Å². The van der Waals surface area contributed by atoms with Crippen LogP contribution in [0.15, 0.2) is 24.3 Å². The van der Waals surface area contributed by atoms with Crippen molar-refractivity contribution in [3.05, 3.63) is 30.1 Å². The Morgan fingerprint density at radius 2 is 2.11 bits per heavy atom. The molecule has 0 fully saturated rings. The number of para-hydroxylation sites is 1. The van der Waals surface area contributed by atoms with Crippen LogP contribution in [0, 0.1) is 5.82 Å². The molecular formula is C13H19FN2O2. The summed E-state index contributed by atoms with van der Waals surface area (Å²) in [5.74, 6) is -1.36. The lowest BCUT2D eigenvalue weighted by atomic mass is 9.99. The highest BCUT2D eigenvalue weighted by Gasteiger charge is 2.28. The maximum absolute atomic E-state index is 13.6. The molecule has 1 unspecified atom stereocenters. The van der Waals surface area contributed by atoms with E-state index in [1.807, 2.05) is 6.92 Å². The second kappa shape index (κ2) is 5.82. The molecule has 0 spiro atoms. The van der Waals surface area contributed by atoms with Gasteiger partial charge >= 0.3 is 5.97 Å². The van der Waals surface area contributed by atoms with Crippen molar-refractivity contribution < 1.29 is 14.3 Å². The van der Waals surface area contributed by atoms with Gasteiger partial charge in [-0.2, -0.15) is 0 Å². The predicted octanol–water partition coefficient (Wildman–Crippen LogP) is 1.84. The van der Waals surface area contributed by atoms with Crippen LogP contribution in [-0.2, 0) is 4.79 Å². The van der Waals surface area contributed by atoms with Crippen LogP contribution in [0.3, 0.4) is 0 Å². The van der Waals surface area contributed by atoms with Crippen LogP contribution in [0.4, 0.5) is 10.1 Å². The lowest BCUT2D eigenvalue weighted by Crippen LogP contribution is -2.47. The Morgan fingerprint density at radius 1 is 1.50 bits per heavy atom. The van der Waals surface area contributed by atoms with E-state index in [0.29, 0.717) is 18.8 Å². The van der Waals surface area contributed by atoms with Gasteiger partial charge in [-0.15, -0.1) is 0 Å². The number of carbonyl (C=O) groups is 1. The second-order valence-electron chi connectivity index (χ2n) is 4.50. The third kappa shape index (κ3) is 3.43. The minimum absolute atomic E-state index is 0.254. The van der Waals surface area contributed by atoms with E-state index < -0.39 is 11.5 Å². The van der Waals surface area contributed by atoms with Crippen molar-refractivity contribution in [2.75, 3.05) is 18.0 Å². The van der Waals surface area contributed by atoms with Gasteiger partial charge in [-0.05, 0) is 32.4 Å². The fourth-order valence-corrected chi connectivity index (χ4v) is 1.63. The first kappa shape index (κ1) is 14.4. The molecule has 18 heavy (non-hydrogen) atoms. The van der Waals surface area contributed by atoms with Crippen LogP contribution in [0.25, 0.3) is 0 Å². The van der Waals surface area contributed by atoms with Gasteiger partial charge in [0.05, 0.1) is 5.69 Å². The fraction of sp³-hybridized carbons (Fsp3) is 0.462. The Labute approximate surface area is 106 Å². The van der Waals surface area contributed by atoms with Gasteiger partial charge in [0.25, 0.3) is 0 Å². The first-order chi connectivity index (χ1) is 8.38. The number of carboxylic acid groups (broad SMARTS) is 1. The summed E-state index contributed by atoms with van der Waals surface area (Å²) < 4.78 is 13.6. The van der Waals surface area contributed by atoms with Crippen molar-refractivity contribution >= 4 is 11.7 Å². The number of hydrogen-bond acceptors (Lipinski definition) is 3. The molecule has 0 radical (unpaired) electrons. The standard InChI is InChI=1S/C13H19FN2O2/c1-3-16(9-8-13(2,15)12(17)18)11-7-5-4-6-10(11)14/h4-7H,3,8-9,15H2,1-2H3,(H,17,18). The molecule has 0 saturated carbocycles. The van der Waals surface area contributed by atoms with Crippen molar-refractivity contribution in [3.8, 4) is 0 Å². The summed E-state index contributed by atoms with van der Waals surface area (Å²) in [7, 11) is 0. The molecule has 1 atom stereocenters. The van der Waals surface area contributed by atoms with Gasteiger partial charge in [0.15, 0.2) is 0 Å². The van der Waals surface area contributed by atoms with Crippen molar-refractivity contribution in [3.63, 3.8) is 0 Å². The molecule has 1 rings (SSSR count). The van der Waals surface area contributed by atoms with E-state index in [0.717, 1.165) is 0 Å². The molecule has 0 saturated heterocycles. The molecule has 0 aliphatic rings. The summed E-state index contributed by atoms with van der Waals surface area (Å²) in [6, 6.07) is 6.43. The molecule has 100 valence electrons. The summed E-state index contributed by atoms with van der Waals surface area (Å²) in [6.45, 7) is 4.35. The molecule has 4 nitrogen and oxygen atoms in total. The zero-order valence-electron chi connectivity index (χ0n) is 10.7. The summed E-state index contributed by atoms with van der Waals surface area (Å²) in [5.41, 5.74) is 4.84. The monoisotopic (exact) mass is 254 g/mol. The second-order valence-corrected chi connectivity index (χ2v) is 4.50. The van der Waals surface area contributed by atoms with Gasteiger partial charge in [0.2, 0.25) is 0 Å². The van der Waals surface area contributed by atoms with Gasteiger partial charge in [-0.3, -0.25) is 4.79 Å². The van der Waals surface area contributed by atoms with Crippen LogP contribution in [0.1, 0.15) is 20.3 Å². The molecular weight excluding hydrogens is 235 g/mol. The minimum Gasteiger partial charge on any atom is -0.480 e. The molecule has 1 aromatic carbocycles. The predicted molar refractivity (Wildman–Crippen MR) is 69.1 cm³/mol. The molecule has 0 amide bonds. The van der Waals surface area contributed by atoms with E-state index >= 15 is 0 Å². The van der Waals surface area contributed by atoms with Crippen LogP contribution in [0.5, 0.6) is 0 Å². The minimum atomic E-state index is -1.29. The zero-order valence-corrected chi connectivity index (χ0v) is 10.7. The van der Waals surface area contributed by atoms with Gasteiger partial charge in [0, 0.05) is 13.1 Å². The summed E-state index contributed by atoms with van der Waals surface area (Å²) in [4.78, 5) is 12.7. The van der Waals surface area contributed by atoms with E-state index in [1.165, 1.54) is 13.0 Å². The topological polar surface area (TPSA) is 66.6 Å². The van der Waals surface area contributed by atoms with Crippen LogP contribution in [0.2, 0.25) is 0 Å². The Balaban J connectivity index is 2.75. The lowest BCUT2D eigenvalue weighted by Gasteiger charge is -2.27. The Bertz CT molecular complexity index is 421. The molecule has 0 bridgehead atoms. The van der Waals surface area contributed by atoms with Crippen molar-refractivity contribution in [1.82, 2.24) is 0 Å². The van der Waals surface area contributed by atoms with Crippen LogP contribution in [-0.4, -0.2) is 29.7 Å². The normalized spacial score (nSPS) is 14.0. The van der Waals surface area contributed by atoms with Crippen molar-refractivity contribution in [2.45, 2.75) is 25.8 Å². The largest absolute Gasteiger partial charge is 0.480 e. The molecule has 0 aliphatic carbocycles. The highest BCUT2D eigenvalue weighted by molar-refractivity contribution is 5.77. The van der Waals surface area contributed by atoms with Gasteiger partial charge in [0.1, 0.15) is 11.4 Å². The van der Waals surface area contributed by atoms with E-state index in [-0.39, 0.29) is 12.2 Å². The number of benzene rings is 1. The number of hydrogen-bond donors (Lipinski definition) is 2. The van der Waals surface area contributed by atoms with E-state index in [2.05, 4.69) is 0 Å². The van der Waals surface area contributed by atoms with Crippen LogP contribution < -0.4 is 10.6 Å². The Kier molecular flexibility index (Phi) is 4.67. The molecule has 0 heterocycles. The first-order valence-corrected chi connectivity index (χ1v) is 5.90. The molecule has 0 aromatic heterocycles. The molecule has 5 heteroatoms. The molecule has 3 N–H and O–H groups in total. The van der Waals surface area contributed by atoms with E-state index in [1.54, 1.807) is 23.1 Å². The average molecular weight is 254 g/mol. The first-order valence-electron chi connectivity index (χ1n) is 5.90. The van der Waals surface area contributed by atoms with Gasteiger partial charge < -0.3 is 15.7 Å². The van der Waals surface area contributed by atoms with Crippen molar-refractivity contribution in [2.24, 2.45) is 5.73 Å². The van der Waals surface area contributed by atoms with Crippen molar-refractivity contribution in [1.29, 1.82) is 0 Å². The zero-order chi connectivity index (χ0) is 13.8. The number of aliphatic carboxylic acids is 1. The summed E-state index contributed by atoms with van der Waals surface area (Å²) in [5, 5.41) is 8.93. The number of halogens is 1. The average Bonchev–Trinajstić information content (AvgIpc) is 2.31. The summed E-state index contributed by atoms with van der Waals surface area (Å²) in [6.07, 6.45) is 0.254. The number of rotatable bonds is 6. The Morgan fingerprint density at radius 3 is 2.61 bits per heavy atom. The van der Waals surface area contributed by atoms with E-state index in [9.17, 15) is 9.18 Å². The third-order valence-corrected chi connectivity index (χ3v) is 2.96. The Hall–Kier alpha value is -1.62. The number of nitrogens with zero attached hydrogens (tertiary/aromatic N) is 1. The quantitative estimate of drug-likeness (QED) is 0.813. The maximum atomic E-state index is 13.6. The highest BCUT2D eigenvalue weighted by Crippen LogP contribution is 2.19. The smallest absolute Gasteiger partial charge is 0.323 e. The molecule has 1 aromatic rings. The number of nitrogens with two attached hydrogens (primary N) is 1. The third-order valence-electron chi connectivity index (χ3n) is 2.96. The number of carboxylic acids is 1. The summed E-state index contributed by atoms with van der Waals surface area (Å²) >= 11 is 0. The van der Waals surface area contributed by atoms with Gasteiger partial charge in [-0.25, -0.2) is 4.39 Å². The SMILES string of the molecule is CCN(CCC(C)(N)C(=O)O)c1ccccc1F.